The molecule has 0 saturated heterocycles. The van der Waals surface area contributed by atoms with Crippen molar-refractivity contribution in [3.05, 3.63) is 95.3 Å². The molecule has 4 aliphatic rings. The molecule has 0 radical (unpaired) electrons. The first-order valence-electron chi connectivity index (χ1n) is 17.9. The molecule has 0 aliphatic carbocycles. The number of carbonyl (C=O) groups is 2. The van der Waals surface area contributed by atoms with Crippen molar-refractivity contribution in [3.63, 3.8) is 0 Å². The van der Waals surface area contributed by atoms with E-state index >= 15 is 0 Å². The molecule has 256 valence electrons. The average molecular weight is 680 g/mol. The van der Waals surface area contributed by atoms with E-state index in [1.165, 1.54) is 0 Å². The van der Waals surface area contributed by atoms with E-state index in [2.05, 4.69) is 58.1 Å². The highest BCUT2D eigenvalue weighted by Gasteiger charge is 2.61. The minimum absolute atomic E-state index is 0.0828. The van der Waals surface area contributed by atoms with Gasteiger partial charge in [0.2, 0.25) is 17.7 Å². The topological polar surface area (TPSA) is 135 Å². The fraction of sp³-hybridized carbons (Fsp3) is 0.317. The monoisotopic (exact) mass is 679 g/mol. The van der Waals surface area contributed by atoms with Crippen molar-refractivity contribution in [2.75, 3.05) is 5.32 Å². The zero-order valence-corrected chi connectivity index (χ0v) is 28.8. The molecule has 1 spiro atoms. The molecule has 7 heterocycles. The summed E-state index contributed by atoms with van der Waals surface area (Å²) in [5, 5.41) is 8.08. The van der Waals surface area contributed by atoms with Crippen molar-refractivity contribution in [1.29, 1.82) is 0 Å². The van der Waals surface area contributed by atoms with E-state index in [1.54, 1.807) is 6.20 Å². The maximum atomic E-state index is 14.2. The number of nitrogens with zero attached hydrogens (tertiary/aromatic N) is 2. The van der Waals surface area contributed by atoms with Crippen LogP contribution in [0.2, 0.25) is 0 Å². The van der Waals surface area contributed by atoms with E-state index in [-0.39, 0.29) is 29.9 Å². The van der Waals surface area contributed by atoms with Crippen molar-refractivity contribution in [3.8, 4) is 39.8 Å². The van der Waals surface area contributed by atoms with Gasteiger partial charge < -0.3 is 29.2 Å². The summed E-state index contributed by atoms with van der Waals surface area (Å²) in [4.78, 5) is 41.0. The van der Waals surface area contributed by atoms with Crippen LogP contribution in [0.3, 0.4) is 0 Å². The van der Waals surface area contributed by atoms with Crippen molar-refractivity contribution in [2.45, 2.75) is 64.6 Å². The molecule has 10 heteroatoms. The number of oxazole rings is 2. The number of anilines is 1. The molecule has 3 aromatic heterocycles. The van der Waals surface area contributed by atoms with Crippen LogP contribution >= 0.6 is 0 Å². The zero-order chi connectivity index (χ0) is 34.8. The van der Waals surface area contributed by atoms with Gasteiger partial charge in [-0.15, -0.1) is 0 Å². The summed E-state index contributed by atoms with van der Waals surface area (Å²) in [5.74, 6) is 1.58. The number of H-pyrrole nitrogens is 1. The zero-order valence-electron chi connectivity index (χ0n) is 28.8. The van der Waals surface area contributed by atoms with Crippen LogP contribution in [0.5, 0.6) is 5.75 Å². The molecule has 3 aromatic carbocycles. The average Bonchev–Trinajstić information content (AvgIpc) is 3.95. The van der Waals surface area contributed by atoms with E-state index in [4.69, 9.17) is 23.5 Å². The van der Waals surface area contributed by atoms with Gasteiger partial charge in [-0.2, -0.15) is 0 Å². The lowest BCUT2D eigenvalue weighted by molar-refractivity contribution is -0.131. The summed E-state index contributed by atoms with van der Waals surface area (Å²) in [6, 6.07) is 18.1. The maximum Gasteiger partial charge on any atom is 0.249 e. The molecule has 5 atom stereocenters. The predicted octanol–water partition coefficient (Wildman–Crippen LogP) is 7.93. The predicted molar refractivity (Wildman–Crippen MR) is 191 cm³/mol. The number of hydrogen-bond acceptors (Lipinski definition) is 8. The van der Waals surface area contributed by atoms with Gasteiger partial charge in [-0.05, 0) is 42.0 Å². The molecular weight excluding hydrogens is 642 g/mol. The lowest BCUT2D eigenvalue weighted by atomic mass is 9.72. The number of aromatic nitrogens is 3. The minimum atomic E-state index is -0.993. The number of ketones is 1. The van der Waals surface area contributed by atoms with Crippen LogP contribution in [-0.4, -0.2) is 32.9 Å². The number of hydrogen-bond donors (Lipinski definition) is 3. The number of Topliss-reactive ketones (excluding diaryl/α,β-unsaturated/α-hetero) is 1. The molecule has 1 amide bonds. The van der Waals surface area contributed by atoms with Crippen molar-refractivity contribution in [2.24, 2.45) is 17.8 Å². The smallest absolute Gasteiger partial charge is 0.249 e. The van der Waals surface area contributed by atoms with Gasteiger partial charge in [0.05, 0.1) is 6.20 Å². The molecule has 51 heavy (non-hydrogen) atoms. The van der Waals surface area contributed by atoms with Crippen LogP contribution in [0.15, 0.2) is 75.8 Å². The molecule has 10 nitrogen and oxygen atoms in total. The first-order chi connectivity index (χ1) is 24.8. The van der Waals surface area contributed by atoms with Gasteiger partial charge >= 0.3 is 0 Å². The first kappa shape index (κ1) is 30.2. The number of fused-ring (bicyclic) bond motifs is 7. The van der Waals surface area contributed by atoms with Gasteiger partial charge in [0.25, 0.3) is 0 Å². The molecule has 6 aromatic rings. The highest BCUT2D eigenvalue weighted by atomic mass is 16.5. The number of nitrogens with one attached hydrogen (secondary N) is 3. The largest absolute Gasteiger partial charge is 0.469 e. The summed E-state index contributed by atoms with van der Waals surface area (Å²) < 4.78 is 20.5. The Hall–Kier alpha value is -5.64. The normalized spacial score (nSPS) is 22.8. The first-order valence-corrected chi connectivity index (χ1v) is 17.9. The number of amides is 1. The van der Waals surface area contributed by atoms with E-state index in [1.807, 2.05) is 46.0 Å². The van der Waals surface area contributed by atoms with Gasteiger partial charge in [0.1, 0.15) is 23.0 Å². The summed E-state index contributed by atoms with van der Waals surface area (Å²) >= 11 is 0. The number of aromatic amines is 1. The molecule has 0 saturated carbocycles. The molecule has 1 unspecified atom stereocenters. The Morgan fingerprint density at radius 3 is 2.69 bits per heavy atom. The Morgan fingerprint density at radius 1 is 1.00 bits per heavy atom. The number of benzene rings is 3. The Kier molecular flexibility index (Phi) is 6.33. The van der Waals surface area contributed by atoms with Gasteiger partial charge in [0, 0.05) is 63.3 Å². The van der Waals surface area contributed by atoms with E-state index in [9.17, 15) is 9.59 Å². The third kappa shape index (κ3) is 4.10. The second-order valence-electron chi connectivity index (χ2n) is 14.8. The van der Waals surface area contributed by atoms with Crippen molar-refractivity contribution >= 4 is 28.3 Å². The summed E-state index contributed by atoms with van der Waals surface area (Å²) in [5.41, 5.74) is 7.15. The summed E-state index contributed by atoms with van der Waals surface area (Å²) in [6.07, 6.45) is 4.37. The van der Waals surface area contributed by atoms with Crippen molar-refractivity contribution in [1.82, 2.24) is 20.3 Å². The van der Waals surface area contributed by atoms with Gasteiger partial charge in [-0.1, -0.05) is 70.2 Å². The molecule has 10 rings (SSSR count). The molecule has 4 aliphatic heterocycles. The second-order valence-corrected chi connectivity index (χ2v) is 14.8. The van der Waals surface area contributed by atoms with Gasteiger partial charge in [-0.3, -0.25) is 9.59 Å². The highest BCUT2D eigenvalue weighted by Crippen LogP contribution is 2.61. The van der Waals surface area contributed by atoms with Gasteiger partial charge in [0.15, 0.2) is 23.4 Å². The van der Waals surface area contributed by atoms with E-state index in [0.717, 1.165) is 56.4 Å². The number of carbonyl (C=O) groups excluding carboxylic acids is 2. The minimum Gasteiger partial charge on any atom is -0.469 e. The lowest BCUT2D eigenvalue weighted by Crippen LogP contribution is -2.40. The molecule has 0 fully saturated rings. The molecule has 10 bridgehead atoms. The van der Waals surface area contributed by atoms with Crippen LogP contribution in [-0.2, 0) is 21.4 Å². The Morgan fingerprint density at radius 2 is 1.84 bits per heavy atom. The van der Waals surface area contributed by atoms with E-state index < -0.39 is 23.6 Å². The quantitative estimate of drug-likeness (QED) is 0.167. The fourth-order valence-electron chi connectivity index (χ4n) is 8.64. The molecule has 3 N–H and O–H groups in total. The Bertz CT molecular complexity index is 2440. The number of rotatable bonds is 5. The third-order valence-electron chi connectivity index (χ3n) is 11.5. The van der Waals surface area contributed by atoms with Crippen LogP contribution in [0.1, 0.15) is 74.9 Å². The SMILES string of the molecule is CC[C@H](C)C(=O)C[C@H]1Cc2ccc3c(c2)C24c5cccc(c5N[C@H]2O3)-c2cccc3[nH]cc(c23)-c2cnc(o2)-c2nc(oc24)[C@H](C(C)C)NC1=O. The highest BCUT2D eigenvalue weighted by molar-refractivity contribution is 6.07. The number of para-hydroxylation sites is 1. The van der Waals surface area contributed by atoms with Crippen LogP contribution in [0.25, 0.3) is 44.9 Å². The Labute approximate surface area is 294 Å². The standard InChI is InChI=1S/C41H37N5O5/c1-5-20(4)29(47)16-22-14-21-12-13-30-27(15-21)41-26-10-6-9-24(34(26)46-40(41)50-30)23-8-7-11-28-32(23)25(17-42-28)31-18-43-38(49-31)35-36(41)51-39(45-35)33(19(2)3)44-37(22)48/h6-13,15,17-20,22,33,40,42,46H,5,14,16H2,1-4H3,(H,44,48)/t20-,22+,33-,40-,41?/m0/s1. The second kappa shape index (κ2) is 10.7. The van der Waals surface area contributed by atoms with Gasteiger partial charge in [-0.25, -0.2) is 9.97 Å². The maximum absolute atomic E-state index is 14.2. The summed E-state index contributed by atoms with van der Waals surface area (Å²) in [7, 11) is 0. The van der Waals surface area contributed by atoms with Crippen LogP contribution < -0.4 is 15.4 Å². The number of ether oxygens (including phenoxy) is 1. The molecular formula is C41H37N5O5. The fourth-order valence-corrected chi connectivity index (χ4v) is 8.64. The van der Waals surface area contributed by atoms with Crippen LogP contribution in [0.4, 0.5) is 5.69 Å². The third-order valence-corrected chi connectivity index (χ3v) is 11.5. The van der Waals surface area contributed by atoms with Crippen molar-refractivity contribution < 1.29 is 23.2 Å². The van der Waals surface area contributed by atoms with Crippen LogP contribution in [0, 0.1) is 17.8 Å². The Balaban J connectivity index is 1.29. The lowest BCUT2D eigenvalue weighted by Gasteiger charge is -2.28. The summed E-state index contributed by atoms with van der Waals surface area (Å²) in [6.45, 7) is 7.98. The van der Waals surface area contributed by atoms with E-state index in [0.29, 0.717) is 41.2 Å².